The first-order valence-corrected chi connectivity index (χ1v) is 11.7. The number of hydrogen-bond acceptors (Lipinski definition) is 8. The topological polar surface area (TPSA) is 87.2 Å². The highest BCUT2D eigenvalue weighted by molar-refractivity contribution is 7.99. The molecule has 4 rings (SSSR count). The van der Waals surface area contributed by atoms with E-state index in [2.05, 4.69) is 10.2 Å². The number of thiophene rings is 1. The number of carbonyl (C=O) groups is 1. The Kier molecular flexibility index (Phi) is 6.45. The van der Waals surface area contributed by atoms with Crippen LogP contribution in [-0.2, 0) is 22.7 Å². The Morgan fingerprint density at radius 1 is 1.32 bits per heavy atom. The number of esters is 1. The molecule has 0 bridgehead atoms. The third-order valence-electron chi connectivity index (χ3n) is 4.59. The number of halogens is 1. The quantitative estimate of drug-likeness (QED) is 0.213. The van der Waals surface area contributed by atoms with Crippen molar-refractivity contribution in [2.45, 2.75) is 32.2 Å². The van der Waals surface area contributed by atoms with Gasteiger partial charge in [0.15, 0.2) is 11.0 Å². The normalized spacial score (nSPS) is 11.2. The number of aromatic nitrogens is 3. The van der Waals surface area contributed by atoms with Gasteiger partial charge >= 0.3 is 11.6 Å². The van der Waals surface area contributed by atoms with E-state index in [1.807, 2.05) is 35.9 Å². The summed E-state index contributed by atoms with van der Waals surface area (Å²) in [5, 5.41) is 12.3. The molecule has 0 unspecified atom stereocenters. The van der Waals surface area contributed by atoms with Gasteiger partial charge in [0.25, 0.3) is 0 Å². The average Bonchev–Trinajstić information content (AvgIpc) is 3.41. The second kappa shape index (κ2) is 9.25. The van der Waals surface area contributed by atoms with E-state index in [1.54, 1.807) is 23.5 Å². The van der Waals surface area contributed by atoms with Crippen molar-refractivity contribution in [3.8, 4) is 10.7 Å². The first kappa shape index (κ1) is 21.6. The fourth-order valence-corrected chi connectivity index (χ4v) is 4.74. The summed E-state index contributed by atoms with van der Waals surface area (Å²) in [6.07, 6.45) is 0. The predicted molar refractivity (Wildman–Crippen MR) is 122 cm³/mol. The first-order valence-electron chi connectivity index (χ1n) is 9.44. The molecule has 1 aromatic carbocycles. The number of ether oxygens (including phenoxy) is 1. The molecule has 0 spiro atoms. The van der Waals surface area contributed by atoms with E-state index in [1.165, 1.54) is 17.8 Å². The molecule has 7 nitrogen and oxygen atoms in total. The Labute approximate surface area is 191 Å². The number of thioether (sulfide) groups is 1. The first-order chi connectivity index (χ1) is 15.0. The van der Waals surface area contributed by atoms with Crippen molar-refractivity contribution in [2.75, 3.05) is 5.75 Å². The summed E-state index contributed by atoms with van der Waals surface area (Å²) in [5.74, 6) is 0.429. The van der Waals surface area contributed by atoms with Gasteiger partial charge in [0.05, 0.1) is 10.6 Å². The van der Waals surface area contributed by atoms with Gasteiger partial charge in [-0.05, 0) is 43.0 Å². The maximum atomic E-state index is 12.3. The van der Waals surface area contributed by atoms with Gasteiger partial charge in [0.2, 0.25) is 0 Å². The minimum atomic E-state index is -0.508. The lowest BCUT2D eigenvalue weighted by molar-refractivity contribution is -0.141. The van der Waals surface area contributed by atoms with Crippen LogP contribution in [0.4, 0.5) is 0 Å². The lowest BCUT2D eigenvalue weighted by Gasteiger charge is -2.09. The molecule has 4 aromatic rings. The smallest absolute Gasteiger partial charge is 0.336 e. The van der Waals surface area contributed by atoms with Crippen molar-refractivity contribution < 1.29 is 13.9 Å². The van der Waals surface area contributed by atoms with Gasteiger partial charge < -0.3 is 13.7 Å². The van der Waals surface area contributed by atoms with E-state index < -0.39 is 11.6 Å². The van der Waals surface area contributed by atoms with Gasteiger partial charge in [-0.1, -0.05) is 29.4 Å². The van der Waals surface area contributed by atoms with Crippen LogP contribution >= 0.6 is 34.7 Å². The molecule has 0 aliphatic heterocycles. The second-order valence-corrected chi connectivity index (χ2v) is 8.96. The van der Waals surface area contributed by atoms with Gasteiger partial charge in [-0.25, -0.2) is 4.79 Å². The lowest BCUT2D eigenvalue weighted by atomic mass is 10.1. The third-order valence-corrected chi connectivity index (χ3v) is 6.81. The standard InChI is InChI=1S/C21H18ClN3O4S2/c1-3-25-20(17-5-4-6-30-17)23-24-21(25)31-11-19(27)28-10-13-8-18(26)29-16-7-12(2)15(22)9-14(13)16/h4-9H,3,10-11H2,1-2H3. The van der Waals surface area contributed by atoms with Crippen molar-refractivity contribution in [1.29, 1.82) is 0 Å². The molecular weight excluding hydrogens is 458 g/mol. The minimum absolute atomic E-state index is 0.0538. The van der Waals surface area contributed by atoms with E-state index in [0.29, 0.717) is 33.3 Å². The molecule has 10 heteroatoms. The molecule has 3 aromatic heterocycles. The number of fused-ring (bicyclic) bond motifs is 1. The van der Waals surface area contributed by atoms with Crippen molar-refractivity contribution in [3.05, 3.63) is 62.3 Å². The van der Waals surface area contributed by atoms with Crippen LogP contribution in [0.15, 0.2) is 50.1 Å². The molecule has 0 radical (unpaired) electrons. The van der Waals surface area contributed by atoms with E-state index in [-0.39, 0.29) is 12.4 Å². The maximum absolute atomic E-state index is 12.3. The number of benzene rings is 1. The molecule has 0 atom stereocenters. The minimum Gasteiger partial charge on any atom is -0.460 e. The average molecular weight is 476 g/mol. The van der Waals surface area contributed by atoms with Crippen LogP contribution in [0.1, 0.15) is 18.1 Å². The molecule has 0 aliphatic rings. The van der Waals surface area contributed by atoms with Crippen molar-refractivity contribution in [3.63, 3.8) is 0 Å². The van der Waals surface area contributed by atoms with Gasteiger partial charge in [-0.15, -0.1) is 21.5 Å². The number of carbonyl (C=O) groups excluding carboxylic acids is 1. The highest BCUT2D eigenvalue weighted by Crippen LogP contribution is 2.28. The summed E-state index contributed by atoms with van der Waals surface area (Å²) in [7, 11) is 0. The lowest BCUT2D eigenvalue weighted by Crippen LogP contribution is -2.10. The van der Waals surface area contributed by atoms with E-state index in [4.69, 9.17) is 20.8 Å². The van der Waals surface area contributed by atoms with Gasteiger partial charge in [0, 0.05) is 28.6 Å². The van der Waals surface area contributed by atoms with Crippen molar-refractivity contribution >= 4 is 51.6 Å². The molecule has 0 saturated carbocycles. The van der Waals surface area contributed by atoms with Crippen molar-refractivity contribution in [2.24, 2.45) is 0 Å². The van der Waals surface area contributed by atoms with Crippen LogP contribution in [0.5, 0.6) is 0 Å². The number of nitrogens with zero attached hydrogens (tertiary/aromatic N) is 3. The van der Waals surface area contributed by atoms with E-state index >= 15 is 0 Å². The van der Waals surface area contributed by atoms with Gasteiger partial charge in [0.1, 0.15) is 12.2 Å². The molecule has 0 saturated heterocycles. The van der Waals surface area contributed by atoms with E-state index in [9.17, 15) is 9.59 Å². The van der Waals surface area contributed by atoms with Crippen LogP contribution in [0.25, 0.3) is 21.7 Å². The summed E-state index contributed by atoms with van der Waals surface area (Å²) in [6, 6.07) is 8.67. The molecule has 0 amide bonds. The molecular formula is C21H18ClN3O4S2. The van der Waals surface area contributed by atoms with Crippen LogP contribution in [-0.4, -0.2) is 26.5 Å². The Balaban J connectivity index is 1.44. The highest BCUT2D eigenvalue weighted by atomic mass is 35.5. The largest absolute Gasteiger partial charge is 0.460 e. The molecule has 160 valence electrons. The summed E-state index contributed by atoms with van der Waals surface area (Å²) in [4.78, 5) is 25.2. The molecule has 3 heterocycles. The van der Waals surface area contributed by atoms with Crippen LogP contribution in [0.3, 0.4) is 0 Å². The van der Waals surface area contributed by atoms with Gasteiger partial charge in [-0.3, -0.25) is 4.79 Å². The van der Waals surface area contributed by atoms with E-state index in [0.717, 1.165) is 16.3 Å². The second-order valence-electron chi connectivity index (χ2n) is 6.67. The predicted octanol–water partition coefficient (Wildman–Crippen LogP) is 4.93. The fraction of sp³-hybridized carbons (Fsp3) is 0.238. The SMILES string of the molecule is CCn1c(SCC(=O)OCc2cc(=O)oc3cc(C)c(Cl)cc23)nnc1-c1cccs1. The zero-order valence-electron chi connectivity index (χ0n) is 16.8. The Bertz CT molecular complexity index is 1300. The summed E-state index contributed by atoms with van der Waals surface area (Å²) in [5.41, 5.74) is 1.24. The number of aryl methyl sites for hydroxylation is 1. The monoisotopic (exact) mass is 475 g/mol. The maximum Gasteiger partial charge on any atom is 0.336 e. The van der Waals surface area contributed by atoms with Crippen LogP contribution in [0.2, 0.25) is 5.02 Å². The fourth-order valence-electron chi connectivity index (χ4n) is 3.06. The summed E-state index contributed by atoms with van der Waals surface area (Å²) >= 11 is 9.05. The van der Waals surface area contributed by atoms with Gasteiger partial charge in [-0.2, -0.15) is 0 Å². The Morgan fingerprint density at radius 2 is 2.16 bits per heavy atom. The zero-order valence-corrected chi connectivity index (χ0v) is 19.1. The van der Waals surface area contributed by atoms with Crippen LogP contribution < -0.4 is 5.63 Å². The van der Waals surface area contributed by atoms with Crippen molar-refractivity contribution in [1.82, 2.24) is 14.8 Å². The molecule has 0 fully saturated rings. The number of rotatable bonds is 7. The molecule has 31 heavy (non-hydrogen) atoms. The Morgan fingerprint density at radius 3 is 2.90 bits per heavy atom. The molecule has 0 N–H and O–H groups in total. The number of hydrogen-bond donors (Lipinski definition) is 0. The summed E-state index contributed by atoms with van der Waals surface area (Å²) < 4.78 is 12.6. The Hall–Kier alpha value is -2.62. The highest BCUT2D eigenvalue weighted by Gasteiger charge is 2.16. The zero-order chi connectivity index (χ0) is 22.0. The third kappa shape index (κ3) is 4.68. The summed E-state index contributed by atoms with van der Waals surface area (Å²) in [6.45, 7) is 4.46. The van der Waals surface area contributed by atoms with Crippen LogP contribution in [0, 0.1) is 6.92 Å². The molecule has 0 aliphatic carbocycles.